The first-order valence-corrected chi connectivity index (χ1v) is 3.94. The van der Waals surface area contributed by atoms with Gasteiger partial charge in [0.05, 0.1) is 0 Å². The van der Waals surface area contributed by atoms with Crippen molar-refractivity contribution in [3.05, 3.63) is 9.66 Å². The molecule has 0 aliphatic carbocycles. The van der Waals surface area contributed by atoms with Gasteiger partial charge in [-0.25, -0.2) is 4.39 Å². The molecule has 0 aliphatic heterocycles. The predicted octanol–water partition coefficient (Wildman–Crippen LogP) is 1.52. The minimum Gasteiger partial charge on any atom is -0.315 e. The van der Waals surface area contributed by atoms with Gasteiger partial charge >= 0.3 is 0 Å². The molecule has 0 aromatic rings. The van der Waals surface area contributed by atoms with Crippen LogP contribution in [0.5, 0.6) is 0 Å². The standard InChI is InChI=1S/C6H10FIN2/c1-9-4-6(8)2-3-10-5-7/h2-3,9H,4-5H2,1H3/b6-2-,10-3-. The lowest BCUT2D eigenvalue weighted by molar-refractivity contribution is 0.514. The van der Waals surface area contributed by atoms with E-state index in [2.05, 4.69) is 32.9 Å². The summed E-state index contributed by atoms with van der Waals surface area (Å²) in [5.74, 6) is 0. The highest BCUT2D eigenvalue weighted by atomic mass is 127. The van der Waals surface area contributed by atoms with Gasteiger partial charge in [-0.2, -0.15) is 0 Å². The summed E-state index contributed by atoms with van der Waals surface area (Å²) in [6, 6.07) is 0. The maximum absolute atomic E-state index is 11.4. The molecule has 0 atom stereocenters. The van der Waals surface area contributed by atoms with Gasteiger partial charge in [-0.05, 0) is 35.7 Å². The molecular weight excluding hydrogens is 246 g/mol. The predicted molar refractivity (Wildman–Crippen MR) is 50.5 cm³/mol. The van der Waals surface area contributed by atoms with Crippen LogP contribution in [0.25, 0.3) is 0 Å². The maximum atomic E-state index is 11.4. The van der Waals surface area contributed by atoms with Crippen LogP contribution < -0.4 is 5.32 Å². The molecule has 1 N–H and O–H groups in total. The van der Waals surface area contributed by atoms with E-state index in [4.69, 9.17) is 0 Å². The van der Waals surface area contributed by atoms with E-state index in [1.165, 1.54) is 6.21 Å². The molecule has 0 radical (unpaired) electrons. The van der Waals surface area contributed by atoms with Crippen LogP contribution in [0, 0.1) is 0 Å². The molecule has 2 nitrogen and oxygen atoms in total. The van der Waals surface area contributed by atoms with Crippen LogP contribution in [0.3, 0.4) is 0 Å². The molecule has 0 bridgehead atoms. The summed E-state index contributed by atoms with van der Waals surface area (Å²) in [5.41, 5.74) is 0. The van der Waals surface area contributed by atoms with Gasteiger partial charge < -0.3 is 5.32 Å². The molecule has 0 saturated carbocycles. The third-order valence-corrected chi connectivity index (χ3v) is 1.52. The van der Waals surface area contributed by atoms with Crippen molar-refractivity contribution in [3.63, 3.8) is 0 Å². The van der Waals surface area contributed by atoms with Crippen LogP contribution in [0.2, 0.25) is 0 Å². The van der Waals surface area contributed by atoms with Crippen molar-refractivity contribution in [2.24, 2.45) is 4.99 Å². The van der Waals surface area contributed by atoms with E-state index >= 15 is 0 Å². The van der Waals surface area contributed by atoms with Crippen LogP contribution in [0.15, 0.2) is 14.6 Å². The van der Waals surface area contributed by atoms with Crippen molar-refractivity contribution in [3.8, 4) is 0 Å². The number of nitrogens with zero attached hydrogens (tertiary/aromatic N) is 1. The van der Waals surface area contributed by atoms with Gasteiger partial charge in [-0.3, -0.25) is 4.99 Å². The SMILES string of the molecule is CNC/C(I)=C/C=N\CF. The highest BCUT2D eigenvalue weighted by molar-refractivity contribution is 14.1. The monoisotopic (exact) mass is 256 g/mol. The summed E-state index contributed by atoms with van der Waals surface area (Å²) in [4.78, 5) is 3.39. The summed E-state index contributed by atoms with van der Waals surface area (Å²) in [6.45, 7) is 0.166. The fraction of sp³-hybridized carbons (Fsp3) is 0.500. The van der Waals surface area contributed by atoms with Crippen molar-refractivity contribution in [2.45, 2.75) is 0 Å². The number of rotatable bonds is 4. The molecule has 10 heavy (non-hydrogen) atoms. The minimum absolute atomic E-state index is 0.639. The van der Waals surface area contributed by atoms with Gasteiger partial charge in [0.1, 0.15) is 0 Å². The van der Waals surface area contributed by atoms with E-state index in [-0.39, 0.29) is 0 Å². The van der Waals surface area contributed by atoms with Gasteiger partial charge in [-0.15, -0.1) is 0 Å². The number of alkyl halides is 1. The van der Waals surface area contributed by atoms with E-state index in [1.54, 1.807) is 6.08 Å². The number of hydrogen-bond acceptors (Lipinski definition) is 2. The molecule has 0 unspecified atom stereocenters. The van der Waals surface area contributed by atoms with Crippen molar-refractivity contribution in [1.82, 2.24) is 5.32 Å². The fourth-order valence-corrected chi connectivity index (χ4v) is 0.943. The molecule has 0 rings (SSSR count). The Bertz CT molecular complexity index is 134. The van der Waals surface area contributed by atoms with Crippen molar-refractivity contribution < 1.29 is 4.39 Å². The van der Waals surface area contributed by atoms with Crippen LogP contribution in [0.1, 0.15) is 0 Å². The third-order valence-electron chi connectivity index (χ3n) is 0.775. The van der Waals surface area contributed by atoms with Gasteiger partial charge in [0.25, 0.3) is 0 Å². The van der Waals surface area contributed by atoms with Gasteiger partial charge in [-0.1, -0.05) is 0 Å². The van der Waals surface area contributed by atoms with E-state index in [9.17, 15) is 4.39 Å². The van der Waals surface area contributed by atoms with Crippen LogP contribution >= 0.6 is 22.6 Å². The first kappa shape index (κ1) is 10.0. The van der Waals surface area contributed by atoms with Gasteiger partial charge in [0, 0.05) is 16.3 Å². The van der Waals surface area contributed by atoms with Gasteiger partial charge in [0.15, 0.2) is 6.80 Å². The minimum atomic E-state index is -0.639. The molecule has 0 aromatic carbocycles. The van der Waals surface area contributed by atoms with E-state index in [1.807, 2.05) is 7.05 Å². The summed E-state index contributed by atoms with van der Waals surface area (Å²) in [5, 5.41) is 2.96. The lowest BCUT2D eigenvalue weighted by atomic mass is 10.5. The first-order chi connectivity index (χ1) is 4.81. The molecule has 0 heterocycles. The quantitative estimate of drug-likeness (QED) is 0.460. The second-order valence-corrected chi connectivity index (χ2v) is 2.98. The van der Waals surface area contributed by atoms with E-state index in [0.29, 0.717) is 0 Å². The Morgan fingerprint density at radius 1 is 1.80 bits per heavy atom. The Labute approximate surface area is 73.7 Å². The highest BCUT2D eigenvalue weighted by Crippen LogP contribution is 2.00. The Kier molecular flexibility index (Phi) is 7.16. The van der Waals surface area contributed by atoms with Gasteiger partial charge in [0.2, 0.25) is 0 Å². The smallest absolute Gasteiger partial charge is 0.179 e. The van der Waals surface area contributed by atoms with Crippen molar-refractivity contribution >= 4 is 28.8 Å². The Balaban J connectivity index is 3.56. The average Bonchev–Trinajstić information content (AvgIpc) is 1.89. The lowest BCUT2D eigenvalue weighted by Crippen LogP contribution is -2.07. The topological polar surface area (TPSA) is 24.4 Å². The molecule has 0 aliphatic rings. The van der Waals surface area contributed by atoms with Crippen LogP contribution in [-0.2, 0) is 0 Å². The second-order valence-electron chi connectivity index (χ2n) is 1.60. The molecule has 0 spiro atoms. The van der Waals surface area contributed by atoms with Crippen LogP contribution in [-0.4, -0.2) is 26.6 Å². The Hall–Kier alpha value is 0.0300. The summed E-state index contributed by atoms with van der Waals surface area (Å²) >= 11 is 2.17. The highest BCUT2D eigenvalue weighted by Gasteiger charge is 1.83. The molecule has 58 valence electrons. The number of likely N-dealkylation sites (N-methyl/N-ethyl adjacent to an activating group) is 1. The molecular formula is C6H10FIN2. The molecule has 0 fully saturated rings. The number of allylic oxidation sites excluding steroid dienone is 1. The largest absolute Gasteiger partial charge is 0.315 e. The van der Waals surface area contributed by atoms with E-state index in [0.717, 1.165) is 10.1 Å². The van der Waals surface area contributed by atoms with Crippen molar-refractivity contribution in [2.75, 3.05) is 20.4 Å². The van der Waals surface area contributed by atoms with Crippen LogP contribution in [0.4, 0.5) is 4.39 Å². The Morgan fingerprint density at radius 2 is 2.50 bits per heavy atom. The number of halogens is 2. The van der Waals surface area contributed by atoms with E-state index < -0.39 is 6.80 Å². The zero-order chi connectivity index (χ0) is 7.82. The number of hydrogen-bond donors (Lipinski definition) is 1. The Morgan fingerprint density at radius 3 is 3.00 bits per heavy atom. The lowest BCUT2D eigenvalue weighted by Gasteiger charge is -1.92. The molecule has 4 heteroatoms. The molecule has 0 saturated heterocycles. The zero-order valence-electron chi connectivity index (χ0n) is 5.77. The fourth-order valence-electron chi connectivity index (χ4n) is 0.401. The molecule has 0 aromatic heterocycles. The summed E-state index contributed by atoms with van der Waals surface area (Å²) in [7, 11) is 1.86. The average molecular weight is 256 g/mol. The zero-order valence-corrected chi connectivity index (χ0v) is 7.93. The second kappa shape index (κ2) is 7.14. The first-order valence-electron chi connectivity index (χ1n) is 2.86. The van der Waals surface area contributed by atoms with Crippen molar-refractivity contribution in [1.29, 1.82) is 0 Å². The summed E-state index contributed by atoms with van der Waals surface area (Å²) in [6.07, 6.45) is 3.25. The normalized spacial score (nSPS) is 12.9. The number of aliphatic imine (C=N–C) groups is 1. The maximum Gasteiger partial charge on any atom is 0.179 e. The summed E-state index contributed by atoms with van der Waals surface area (Å²) < 4.78 is 12.5. The number of nitrogens with one attached hydrogen (secondary N) is 1. The third kappa shape index (κ3) is 6.15. The molecule has 0 amide bonds.